The Morgan fingerprint density at radius 2 is 2.13 bits per heavy atom. The number of hydrogen-bond donors (Lipinski definition) is 2. The van der Waals surface area contributed by atoms with Crippen molar-refractivity contribution < 1.29 is 14.3 Å². The summed E-state index contributed by atoms with van der Waals surface area (Å²) in [5.74, 6) is 2.60. The highest BCUT2D eigenvalue weighted by molar-refractivity contribution is 6.08. The molecule has 2 aliphatic rings. The average Bonchev–Trinajstić information content (AvgIpc) is 2.96. The first-order valence-corrected chi connectivity index (χ1v) is 6.99. The van der Waals surface area contributed by atoms with Crippen molar-refractivity contribution in [2.75, 3.05) is 14.2 Å². The van der Waals surface area contributed by atoms with Crippen molar-refractivity contribution in [2.45, 2.75) is 19.0 Å². The number of nitrogens with one attached hydrogen (secondary N) is 2. The van der Waals surface area contributed by atoms with Gasteiger partial charge in [-0.3, -0.25) is 10.1 Å². The van der Waals surface area contributed by atoms with Crippen LogP contribution in [0, 0.1) is 12.3 Å². The van der Waals surface area contributed by atoms with Gasteiger partial charge in [-0.15, -0.1) is 6.42 Å². The maximum Gasteiger partial charge on any atom is 0.323 e. The van der Waals surface area contributed by atoms with E-state index in [0.29, 0.717) is 0 Å². The van der Waals surface area contributed by atoms with Crippen LogP contribution in [-0.2, 0) is 11.3 Å². The van der Waals surface area contributed by atoms with Gasteiger partial charge in [0.1, 0.15) is 5.75 Å². The topological polar surface area (TPSA) is 70.7 Å². The molecule has 0 spiro atoms. The van der Waals surface area contributed by atoms with Crippen LogP contribution in [0.25, 0.3) is 5.70 Å². The number of fused-ring (bicyclic) bond motifs is 1. The van der Waals surface area contributed by atoms with E-state index in [1.54, 1.807) is 7.11 Å². The minimum Gasteiger partial charge on any atom is -0.497 e. The maximum atomic E-state index is 10.8. The van der Waals surface area contributed by atoms with Gasteiger partial charge < -0.3 is 15.0 Å². The van der Waals surface area contributed by atoms with Crippen molar-refractivity contribution in [3.63, 3.8) is 0 Å². The molecule has 6 heteroatoms. The van der Waals surface area contributed by atoms with Gasteiger partial charge in [-0.25, -0.2) is 4.79 Å². The summed E-state index contributed by atoms with van der Waals surface area (Å²) < 4.78 is 5.16. The molecule has 2 N–H and O–H groups in total. The summed E-state index contributed by atoms with van der Waals surface area (Å²) in [6, 6.07) is 5.60. The van der Waals surface area contributed by atoms with Crippen LogP contribution in [0.3, 0.4) is 0 Å². The van der Waals surface area contributed by atoms with E-state index in [4.69, 9.17) is 11.2 Å². The summed E-state index contributed by atoms with van der Waals surface area (Å²) in [4.78, 5) is 23.4. The largest absolute Gasteiger partial charge is 0.497 e. The molecule has 0 radical (unpaired) electrons. The molecule has 1 aromatic carbocycles. The van der Waals surface area contributed by atoms with E-state index in [9.17, 15) is 9.59 Å². The van der Waals surface area contributed by atoms with Crippen LogP contribution in [0.5, 0.6) is 5.75 Å². The van der Waals surface area contributed by atoms with Crippen LogP contribution in [0.2, 0.25) is 0 Å². The van der Waals surface area contributed by atoms with E-state index < -0.39 is 17.5 Å². The molecule has 3 amide bonds. The third-order valence-corrected chi connectivity index (χ3v) is 3.83. The van der Waals surface area contributed by atoms with Crippen molar-refractivity contribution in [1.82, 2.24) is 15.5 Å². The van der Waals surface area contributed by atoms with E-state index in [1.165, 1.54) is 18.1 Å². The lowest BCUT2D eigenvalue weighted by Gasteiger charge is -2.10. The summed E-state index contributed by atoms with van der Waals surface area (Å²) in [6.07, 6.45) is 5.00. The molecule has 0 aromatic heterocycles. The first kappa shape index (κ1) is 16.4. The van der Waals surface area contributed by atoms with Gasteiger partial charge >= 0.3 is 6.03 Å². The van der Waals surface area contributed by atoms with E-state index in [-0.39, 0.29) is 0 Å². The Balaban J connectivity index is 0.000000174. The molecule has 120 valence electrons. The number of ether oxygens (including phenoxy) is 1. The van der Waals surface area contributed by atoms with Gasteiger partial charge in [0.2, 0.25) is 0 Å². The molecule has 1 saturated heterocycles. The first-order valence-electron chi connectivity index (χ1n) is 6.99. The predicted octanol–water partition coefficient (Wildman–Crippen LogP) is 1.33. The van der Waals surface area contributed by atoms with Gasteiger partial charge in [0.15, 0.2) is 5.54 Å². The van der Waals surface area contributed by atoms with E-state index in [1.807, 2.05) is 17.4 Å². The second kappa shape index (κ2) is 6.05. The highest BCUT2D eigenvalue weighted by Gasteiger charge is 2.40. The lowest BCUT2D eigenvalue weighted by atomic mass is 10.1. The zero-order valence-corrected chi connectivity index (χ0v) is 13.4. The summed E-state index contributed by atoms with van der Waals surface area (Å²) in [7, 11) is 3.73. The minimum absolute atomic E-state index is 0.472. The molecule has 0 aliphatic carbocycles. The van der Waals surface area contributed by atoms with E-state index >= 15 is 0 Å². The number of carbonyl (C=O) groups excluding carboxylic acids is 2. The van der Waals surface area contributed by atoms with E-state index in [2.05, 4.69) is 35.8 Å². The molecule has 1 atom stereocenters. The van der Waals surface area contributed by atoms with Gasteiger partial charge in [0.05, 0.1) is 7.11 Å². The van der Waals surface area contributed by atoms with Gasteiger partial charge in [-0.2, -0.15) is 0 Å². The summed E-state index contributed by atoms with van der Waals surface area (Å²) in [5.41, 5.74) is 2.46. The quantitative estimate of drug-likeness (QED) is 0.606. The molecule has 3 rings (SSSR count). The fourth-order valence-electron chi connectivity index (χ4n) is 2.29. The summed E-state index contributed by atoms with van der Waals surface area (Å²) in [5, 5.41) is 4.32. The van der Waals surface area contributed by atoms with Crippen LogP contribution in [0.15, 0.2) is 24.8 Å². The monoisotopic (exact) mass is 313 g/mol. The molecular formula is C17H19N3O3. The Morgan fingerprint density at radius 1 is 1.43 bits per heavy atom. The first-order chi connectivity index (χ1) is 10.8. The zero-order chi connectivity index (χ0) is 17.2. The Bertz CT molecular complexity index is 720. The number of urea groups is 1. The van der Waals surface area contributed by atoms with Crippen molar-refractivity contribution in [3.8, 4) is 18.1 Å². The summed E-state index contributed by atoms with van der Waals surface area (Å²) in [6.45, 7) is 6.44. The Kier molecular flexibility index (Phi) is 4.32. The smallest absolute Gasteiger partial charge is 0.323 e. The highest BCUT2D eigenvalue weighted by atomic mass is 16.5. The molecule has 2 heterocycles. The fraction of sp³-hybridized carbons (Fsp3) is 0.294. The second-order valence-electron chi connectivity index (χ2n) is 5.50. The molecule has 0 bridgehead atoms. The van der Waals surface area contributed by atoms with Crippen LogP contribution < -0.4 is 15.4 Å². The SMILES string of the molecule is C#CC1(C)NC(=O)NC1=O.C=C1c2cc(OC)ccc2CN1C. The number of imide groups is 1. The normalized spacial score (nSPS) is 21.7. The molecule has 0 saturated carbocycles. The number of nitrogens with zero attached hydrogens (tertiary/aromatic N) is 1. The van der Waals surface area contributed by atoms with Crippen LogP contribution in [-0.4, -0.2) is 36.5 Å². The number of benzene rings is 1. The Morgan fingerprint density at radius 3 is 2.61 bits per heavy atom. The van der Waals surface area contributed by atoms with Gasteiger partial charge in [0.25, 0.3) is 5.91 Å². The van der Waals surface area contributed by atoms with Crippen molar-refractivity contribution in [3.05, 3.63) is 35.9 Å². The molecular weight excluding hydrogens is 294 g/mol. The number of hydrogen-bond acceptors (Lipinski definition) is 4. The van der Waals surface area contributed by atoms with Gasteiger partial charge in [-0.1, -0.05) is 18.6 Å². The number of carbonyl (C=O) groups is 2. The molecule has 1 aromatic rings. The van der Waals surface area contributed by atoms with Crippen LogP contribution in [0.1, 0.15) is 18.1 Å². The van der Waals surface area contributed by atoms with E-state index in [0.717, 1.165) is 18.0 Å². The number of terminal acetylenes is 1. The van der Waals surface area contributed by atoms with Crippen molar-refractivity contribution >= 4 is 17.6 Å². The minimum atomic E-state index is -1.16. The Labute approximate surface area is 135 Å². The second-order valence-corrected chi connectivity index (χ2v) is 5.50. The number of amides is 3. The number of methoxy groups -OCH3 is 1. The van der Waals surface area contributed by atoms with Crippen LogP contribution >= 0.6 is 0 Å². The van der Waals surface area contributed by atoms with Crippen LogP contribution in [0.4, 0.5) is 4.79 Å². The molecule has 1 fully saturated rings. The lowest BCUT2D eigenvalue weighted by Crippen LogP contribution is -2.41. The van der Waals surface area contributed by atoms with Crippen molar-refractivity contribution in [2.24, 2.45) is 0 Å². The zero-order valence-electron chi connectivity index (χ0n) is 13.4. The molecule has 6 nitrogen and oxygen atoms in total. The summed E-state index contributed by atoms with van der Waals surface area (Å²) >= 11 is 0. The van der Waals surface area contributed by atoms with Crippen molar-refractivity contribution in [1.29, 1.82) is 0 Å². The van der Waals surface area contributed by atoms with Gasteiger partial charge in [-0.05, 0) is 24.6 Å². The Hall–Kier alpha value is -2.94. The molecule has 2 aliphatic heterocycles. The molecule has 23 heavy (non-hydrogen) atoms. The lowest BCUT2D eigenvalue weighted by molar-refractivity contribution is -0.121. The number of rotatable bonds is 1. The third-order valence-electron chi connectivity index (χ3n) is 3.83. The predicted molar refractivity (Wildman–Crippen MR) is 87.4 cm³/mol. The average molecular weight is 313 g/mol. The third kappa shape index (κ3) is 3.14. The standard InChI is InChI=1S/C11H13NO.C6H6N2O2/c1-8-11-6-10(13-3)5-4-9(11)7-12(8)2;1-3-6(2)4(9)7-5(10)8-6/h4-6H,1,7H2,2-3H3;1H,2H3,(H2,7,8,9,10). The molecule has 1 unspecified atom stereocenters. The maximum absolute atomic E-state index is 10.8. The fourth-order valence-corrected chi connectivity index (χ4v) is 2.29. The highest BCUT2D eigenvalue weighted by Crippen LogP contribution is 2.32. The van der Waals surface area contributed by atoms with Gasteiger partial charge in [0, 0.05) is 24.9 Å².